The molecular weight excluding hydrogens is 202 g/mol. The first-order valence-electron chi connectivity index (χ1n) is 5.99. The van der Waals surface area contributed by atoms with Crippen LogP contribution in [0, 0.1) is 11.8 Å². The van der Waals surface area contributed by atoms with Gasteiger partial charge in [0.2, 0.25) is 0 Å². The second kappa shape index (κ2) is 4.32. The van der Waals surface area contributed by atoms with Crippen LogP contribution >= 0.6 is 0 Å². The zero-order chi connectivity index (χ0) is 11.7. The van der Waals surface area contributed by atoms with Crippen LogP contribution in [0.1, 0.15) is 49.6 Å². The van der Waals surface area contributed by atoms with E-state index in [9.17, 15) is 4.79 Å². The summed E-state index contributed by atoms with van der Waals surface area (Å²) in [4.78, 5) is 11.1. The molecule has 16 heavy (non-hydrogen) atoms. The fourth-order valence-corrected chi connectivity index (χ4v) is 2.93. The van der Waals surface area contributed by atoms with Crippen LogP contribution < -0.4 is 0 Å². The summed E-state index contributed by atoms with van der Waals surface area (Å²) in [6, 6.07) is 3.87. The zero-order valence-corrected chi connectivity index (χ0v) is 9.89. The molecule has 3 nitrogen and oxygen atoms in total. The maximum absolute atomic E-state index is 11.1. The van der Waals surface area contributed by atoms with E-state index in [0.717, 1.165) is 12.3 Å². The fraction of sp³-hybridized carbons (Fsp3) is 0.615. The topological polar surface area (TPSA) is 42.2 Å². The molecule has 0 amide bonds. The highest BCUT2D eigenvalue weighted by Gasteiger charge is 2.28. The molecule has 0 spiro atoms. The highest BCUT2D eigenvalue weighted by atomic mass is 16.4. The van der Waals surface area contributed by atoms with Crippen LogP contribution in [0.25, 0.3) is 0 Å². The third kappa shape index (κ3) is 1.99. The molecule has 1 saturated carbocycles. The maximum Gasteiger partial charge on any atom is 0.352 e. The van der Waals surface area contributed by atoms with Gasteiger partial charge in [-0.1, -0.05) is 13.8 Å². The molecule has 1 aliphatic carbocycles. The van der Waals surface area contributed by atoms with E-state index in [2.05, 4.69) is 13.8 Å². The molecule has 0 aliphatic heterocycles. The van der Waals surface area contributed by atoms with E-state index in [1.54, 1.807) is 6.07 Å². The fourth-order valence-electron chi connectivity index (χ4n) is 2.93. The smallest absolute Gasteiger partial charge is 0.352 e. The lowest BCUT2D eigenvalue weighted by Crippen LogP contribution is -2.26. The van der Waals surface area contributed by atoms with Crippen molar-refractivity contribution in [1.82, 2.24) is 4.57 Å². The van der Waals surface area contributed by atoms with E-state index in [4.69, 9.17) is 5.11 Å². The van der Waals surface area contributed by atoms with E-state index >= 15 is 0 Å². The quantitative estimate of drug-likeness (QED) is 0.833. The van der Waals surface area contributed by atoms with Gasteiger partial charge in [0.15, 0.2) is 0 Å². The molecule has 0 aromatic carbocycles. The summed E-state index contributed by atoms with van der Waals surface area (Å²) in [6.45, 7) is 4.51. The van der Waals surface area contributed by atoms with Crippen LogP contribution in [-0.2, 0) is 0 Å². The van der Waals surface area contributed by atoms with Gasteiger partial charge in [0.1, 0.15) is 5.69 Å². The molecule has 0 radical (unpaired) electrons. The summed E-state index contributed by atoms with van der Waals surface area (Å²) < 4.78 is 1.94. The van der Waals surface area contributed by atoms with Gasteiger partial charge >= 0.3 is 5.97 Å². The van der Waals surface area contributed by atoms with Gasteiger partial charge in [0, 0.05) is 12.2 Å². The Morgan fingerprint density at radius 1 is 1.44 bits per heavy atom. The lowest BCUT2D eigenvalue weighted by Gasteiger charge is -2.34. The molecule has 3 unspecified atom stereocenters. The van der Waals surface area contributed by atoms with Crippen LogP contribution in [0.15, 0.2) is 18.3 Å². The predicted octanol–water partition coefficient (Wildman–Crippen LogP) is 3.18. The Hall–Kier alpha value is -1.25. The SMILES string of the molecule is CC1CCC(n2cccc2C(=O)O)C(C)C1. The summed E-state index contributed by atoms with van der Waals surface area (Å²) in [6.07, 6.45) is 5.39. The van der Waals surface area contributed by atoms with Crippen molar-refractivity contribution in [3.8, 4) is 0 Å². The molecule has 1 N–H and O–H groups in total. The van der Waals surface area contributed by atoms with Gasteiger partial charge in [-0.25, -0.2) is 4.79 Å². The zero-order valence-electron chi connectivity index (χ0n) is 9.89. The third-order valence-corrected chi connectivity index (χ3v) is 3.74. The molecule has 1 heterocycles. The van der Waals surface area contributed by atoms with Gasteiger partial charge in [-0.2, -0.15) is 0 Å². The van der Waals surface area contributed by atoms with Crippen molar-refractivity contribution in [1.29, 1.82) is 0 Å². The van der Waals surface area contributed by atoms with E-state index in [0.29, 0.717) is 17.7 Å². The van der Waals surface area contributed by atoms with Crippen molar-refractivity contribution in [3.05, 3.63) is 24.0 Å². The summed E-state index contributed by atoms with van der Waals surface area (Å²) >= 11 is 0. The van der Waals surface area contributed by atoms with Crippen molar-refractivity contribution in [2.24, 2.45) is 11.8 Å². The minimum Gasteiger partial charge on any atom is -0.477 e. The molecule has 0 bridgehead atoms. The number of nitrogens with zero attached hydrogens (tertiary/aromatic N) is 1. The molecule has 1 aromatic heterocycles. The highest BCUT2D eigenvalue weighted by Crippen LogP contribution is 2.37. The lowest BCUT2D eigenvalue weighted by atomic mass is 9.79. The molecule has 0 saturated heterocycles. The Morgan fingerprint density at radius 3 is 2.81 bits per heavy atom. The molecule has 1 fully saturated rings. The summed E-state index contributed by atoms with van der Waals surface area (Å²) in [7, 11) is 0. The minimum absolute atomic E-state index is 0.359. The standard InChI is InChI=1S/C13H19NO2/c1-9-5-6-11(10(2)8-9)14-7-3-4-12(14)13(15)16/h3-4,7,9-11H,5-6,8H2,1-2H3,(H,15,16). The van der Waals surface area contributed by atoms with Crippen LogP contribution in [-0.4, -0.2) is 15.6 Å². The Bertz CT molecular complexity index is 383. The van der Waals surface area contributed by atoms with Gasteiger partial charge in [-0.15, -0.1) is 0 Å². The second-order valence-corrected chi connectivity index (χ2v) is 5.07. The Kier molecular flexibility index (Phi) is 3.03. The molecular formula is C13H19NO2. The number of rotatable bonds is 2. The first-order chi connectivity index (χ1) is 7.59. The van der Waals surface area contributed by atoms with Crippen molar-refractivity contribution < 1.29 is 9.90 Å². The van der Waals surface area contributed by atoms with Crippen molar-refractivity contribution >= 4 is 5.97 Å². The number of aromatic nitrogens is 1. The minimum atomic E-state index is -0.823. The van der Waals surface area contributed by atoms with Crippen molar-refractivity contribution in [2.45, 2.75) is 39.2 Å². The molecule has 3 heteroatoms. The van der Waals surface area contributed by atoms with E-state index in [1.165, 1.54) is 12.8 Å². The van der Waals surface area contributed by atoms with Crippen molar-refractivity contribution in [2.75, 3.05) is 0 Å². The normalized spacial score (nSPS) is 30.2. The van der Waals surface area contributed by atoms with E-state index in [-0.39, 0.29) is 0 Å². The Morgan fingerprint density at radius 2 is 2.19 bits per heavy atom. The molecule has 3 atom stereocenters. The van der Waals surface area contributed by atoms with E-state index in [1.807, 2.05) is 16.8 Å². The van der Waals surface area contributed by atoms with Gasteiger partial charge in [0.05, 0.1) is 0 Å². The van der Waals surface area contributed by atoms with Gasteiger partial charge in [-0.05, 0) is 43.2 Å². The molecule has 1 aliphatic rings. The predicted molar refractivity (Wildman–Crippen MR) is 62.6 cm³/mol. The number of hydrogen-bond donors (Lipinski definition) is 1. The number of carboxylic acids is 1. The highest BCUT2D eigenvalue weighted by molar-refractivity contribution is 5.85. The lowest BCUT2D eigenvalue weighted by molar-refractivity contribution is 0.0676. The average Bonchev–Trinajstić information content (AvgIpc) is 2.66. The number of carbonyl (C=O) groups is 1. The monoisotopic (exact) mass is 221 g/mol. The number of hydrogen-bond acceptors (Lipinski definition) is 1. The molecule has 1 aromatic rings. The first-order valence-corrected chi connectivity index (χ1v) is 5.99. The Balaban J connectivity index is 2.23. The maximum atomic E-state index is 11.1. The summed E-state index contributed by atoms with van der Waals surface area (Å²) in [5, 5.41) is 9.10. The summed E-state index contributed by atoms with van der Waals surface area (Å²) in [5.41, 5.74) is 0.423. The average molecular weight is 221 g/mol. The van der Waals surface area contributed by atoms with Crippen LogP contribution in [0.5, 0.6) is 0 Å². The van der Waals surface area contributed by atoms with Gasteiger partial charge < -0.3 is 9.67 Å². The van der Waals surface area contributed by atoms with Crippen molar-refractivity contribution in [3.63, 3.8) is 0 Å². The van der Waals surface area contributed by atoms with Crippen LogP contribution in [0.4, 0.5) is 0 Å². The third-order valence-electron chi connectivity index (χ3n) is 3.74. The second-order valence-electron chi connectivity index (χ2n) is 5.07. The summed E-state index contributed by atoms with van der Waals surface area (Å²) in [5.74, 6) is 0.514. The molecule has 2 rings (SSSR count). The van der Waals surface area contributed by atoms with E-state index < -0.39 is 5.97 Å². The number of carboxylic acid groups (broad SMARTS) is 1. The van der Waals surface area contributed by atoms with Crippen LogP contribution in [0.3, 0.4) is 0 Å². The number of aromatic carboxylic acids is 1. The first kappa shape index (κ1) is 11.2. The van der Waals surface area contributed by atoms with Crippen LogP contribution in [0.2, 0.25) is 0 Å². The molecule has 88 valence electrons. The Labute approximate surface area is 96.1 Å². The largest absolute Gasteiger partial charge is 0.477 e. The van der Waals surface area contributed by atoms with Gasteiger partial charge in [0.25, 0.3) is 0 Å². The van der Waals surface area contributed by atoms with Gasteiger partial charge in [-0.3, -0.25) is 0 Å².